The fraction of sp³-hybridized carbons (Fsp3) is 0.263. The largest absolute Gasteiger partial charge is 0.441 e. The third-order valence-electron chi connectivity index (χ3n) is 4.42. The summed E-state index contributed by atoms with van der Waals surface area (Å²) in [5.74, 6) is -0.400. The summed E-state index contributed by atoms with van der Waals surface area (Å²) < 4.78 is 89.9. The predicted octanol–water partition coefficient (Wildman–Crippen LogP) is 5.51. The number of nitrogens with one attached hydrogen (secondary N) is 1. The van der Waals surface area contributed by atoms with E-state index in [1.165, 1.54) is 6.92 Å². The van der Waals surface area contributed by atoms with E-state index < -0.39 is 34.8 Å². The van der Waals surface area contributed by atoms with Gasteiger partial charge in [-0.05, 0) is 35.4 Å². The summed E-state index contributed by atoms with van der Waals surface area (Å²) >= 11 is 0. The number of halogens is 6. The van der Waals surface area contributed by atoms with Crippen molar-refractivity contribution in [1.82, 2.24) is 4.98 Å². The van der Waals surface area contributed by atoms with Crippen molar-refractivity contribution in [2.24, 2.45) is 0 Å². The Balaban J connectivity index is 2.30. The number of nitrogens with zero attached hydrogens (tertiary/aromatic N) is 1. The van der Waals surface area contributed by atoms with Gasteiger partial charge in [-0.25, -0.2) is 4.98 Å². The first-order valence-corrected chi connectivity index (χ1v) is 8.25. The fourth-order valence-electron chi connectivity index (χ4n) is 3.26. The summed E-state index contributed by atoms with van der Waals surface area (Å²) in [7, 11) is 0. The zero-order valence-electron chi connectivity index (χ0n) is 15.1. The SMILES string of the molecule is CC(=O)Nc1ccc(C(c2ccc3nc(C)oc3c2)(C(F)(F)F)C(F)(F)F)cc1. The van der Waals surface area contributed by atoms with Gasteiger partial charge in [0.1, 0.15) is 5.52 Å². The van der Waals surface area contributed by atoms with Crippen molar-refractivity contribution in [3.05, 3.63) is 59.5 Å². The van der Waals surface area contributed by atoms with Gasteiger partial charge in [-0.1, -0.05) is 18.2 Å². The van der Waals surface area contributed by atoms with Gasteiger partial charge < -0.3 is 9.73 Å². The number of amides is 1. The number of rotatable bonds is 3. The molecule has 1 aromatic heterocycles. The van der Waals surface area contributed by atoms with E-state index in [0.717, 1.165) is 31.2 Å². The second-order valence-electron chi connectivity index (χ2n) is 6.42. The quantitative estimate of drug-likeness (QED) is 0.574. The van der Waals surface area contributed by atoms with Crippen LogP contribution in [0.3, 0.4) is 0 Å². The number of aromatic nitrogens is 1. The molecule has 29 heavy (non-hydrogen) atoms. The second kappa shape index (κ2) is 6.78. The minimum Gasteiger partial charge on any atom is -0.441 e. The van der Waals surface area contributed by atoms with Crippen LogP contribution in [0, 0.1) is 6.92 Å². The third-order valence-corrected chi connectivity index (χ3v) is 4.42. The highest BCUT2D eigenvalue weighted by Crippen LogP contribution is 2.56. The molecule has 10 heteroatoms. The number of aryl methyl sites for hydroxylation is 1. The Hall–Kier alpha value is -3.04. The number of hydrogen-bond donors (Lipinski definition) is 1. The van der Waals surface area contributed by atoms with Gasteiger partial charge in [-0.3, -0.25) is 4.79 Å². The summed E-state index contributed by atoms with van der Waals surface area (Å²) in [5.41, 5.74) is -6.36. The van der Waals surface area contributed by atoms with Gasteiger partial charge in [0.25, 0.3) is 0 Å². The van der Waals surface area contributed by atoms with Gasteiger partial charge >= 0.3 is 12.4 Å². The lowest BCUT2D eigenvalue weighted by atomic mass is 9.73. The molecule has 2 aromatic carbocycles. The minimum absolute atomic E-state index is 0.0702. The van der Waals surface area contributed by atoms with Crippen LogP contribution in [-0.2, 0) is 10.2 Å². The van der Waals surface area contributed by atoms with E-state index in [1.807, 2.05) is 0 Å². The van der Waals surface area contributed by atoms with E-state index in [1.54, 1.807) is 0 Å². The molecular weight excluding hydrogens is 402 g/mol. The van der Waals surface area contributed by atoms with Gasteiger partial charge in [0.15, 0.2) is 11.5 Å². The number of carbonyl (C=O) groups is 1. The molecule has 0 spiro atoms. The smallest absolute Gasteiger partial charge is 0.411 e. The molecule has 0 saturated heterocycles. The zero-order chi connectivity index (χ0) is 21.6. The van der Waals surface area contributed by atoms with Crippen molar-refractivity contribution in [1.29, 1.82) is 0 Å². The minimum atomic E-state index is -5.72. The average Bonchev–Trinajstić information content (AvgIpc) is 2.93. The van der Waals surface area contributed by atoms with Crippen molar-refractivity contribution in [2.75, 3.05) is 5.32 Å². The van der Waals surface area contributed by atoms with Gasteiger partial charge in [0.05, 0.1) is 0 Å². The topological polar surface area (TPSA) is 55.1 Å². The molecule has 0 radical (unpaired) electrons. The van der Waals surface area contributed by atoms with E-state index >= 15 is 0 Å². The molecule has 0 fully saturated rings. The van der Waals surface area contributed by atoms with Crippen molar-refractivity contribution in [2.45, 2.75) is 31.6 Å². The van der Waals surface area contributed by atoms with Gasteiger partial charge in [-0.2, -0.15) is 26.3 Å². The van der Waals surface area contributed by atoms with E-state index in [-0.39, 0.29) is 22.7 Å². The van der Waals surface area contributed by atoms with Crippen LogP contribution in [-0.4, -0.2) is 23.2 Å². The monoisotopic (exact) mass is 416 g/mol. The Labute approximate surface area is 160 Å². The molecule has 0 saturated carbocycles. The summed E-state index contributed by atoms with van der Waals surface area (Å²) in [6.45, 7) is 2.60. The second-order valence-corrected chi connectivity index (χ2v) is 6.42. The van der Waals surface area contributed by atoms with Crippen LogP contribution in [0.15, 0.2) is 46.9 Å². The first-order chi connectivity index (χ1) is 13.4. The first-order valence-electron chi connectivity index (χ1n) is 8.25. The van der Waals surface area contributed by atoms with Crippen LogP contribution in [0.25, 0.3) is 11.1 Å². The van der Waals surface area contributed by atoms with Crippen LogP contribution in [0.2, 0.25) is 0 Å². The lowest BCUT2D eigenvalue weighted by molar-refractivity contribution is -0.288. The number of carbonyl (C=O) groups excluding carboxylic acids is 1. The Morgan fingerprint density at radius 1 is 0.931 bits per heavy atom. The first kappa shape index (κ1) is 20.7. The van der Waals surface area contributed by atoms with Gasteiger partial charge in [0.2, 0.25) is 11.3 Å². The molecule has 0 atom stereocenters. The van der Waals surface area contributed by atoms with Gasteiger partial charge in [0, 0.05) is 19.5 Å². The molecule has 3 rings (SSSR count). The highest BCUT2D eigenvalue weighted by molar-refractivity contribution is 5.88. The zero-order valence-corrected chi connectivity index (χ0v) is 15.1. The number of anilines is 1. The number of benzene rings is 2. The molecule has 4 nitrogen and oxygen atoms in total. The Morgan fingerprint density at radius 3 is 2.00 bits per heavy atom. The van der Waals surface area contributed by atoms with Crippen LogP contribution in [0.5, 0.6) is 0 Å². The van der Waals surface area contributed by atoms with Crippen molar-refractivity contribution < 1.29 is 35.6 Å². The van der Waals surface area contributed by atoms with Crippen molar-refractivity contribution in [3.8, 4) is 0 Å². The number of fused-ring (bicyclic) bond motifs is 1. The Morgan fingerprint density at radius 2 is 1.48 bits per heavy atom. The molecule has 1 heterocycles. The third kappa shape index (κ3) is 3.43. The Bertz CT molecular complexity index is 1040. The summed E-state index contributed by atoms with van der Waals surface area (Å²) in [6, 6.07) is 5.87. The number of oxazole rings is 1. The standard InChI is InChI=1S/C19H14F6N2O2/c1-10(28)26-14-6-3-12(4-7-14)17(18(20,21)22,19(23,24)25)13-5-8-15-16(9-13)29-11(2)27-15/h3-9H,1-2H3,(H,26,28). The van der Waals surface area contributed by atoms with Crippen molar-refractivity contribution in [3.63, 3.8) is 0 Å². The molecule has 0 bridgehead atoms. The van der Waals surface area contributed by atoms with E-state index in [0.29, 0.717) is 18.2 Å². The van der Waals surface area contributed by atoms with Crippen LogP contribution < -0.4 is 5.32 Å². The molecule has 0 unspecified atom stereocenters. The normalized spacial score (nSPS) is 13.0. The fourth-order valence-corrected chi connectivity index (χ4v) is 3.26. The lowest BCUT2D eigenvalue weighted by Crippen LogP contribution is -2.54. The maximum absolute atomic E-state index is 14.1. The summed E-state index contributed by atoms with van der Waals surface area (Å²) in [6.07, 6.45) is -11.4. The molecular formula is C19H14F6N2O2. The molecule has 0 aliphatic carbocycles. The molecule has 154 valence electrons. The maximum atomic E-state index is 14.1. The predicted molar refractivity (Wildman–Crippen MR) is 92.4 cm³/mol. The Kier molecular flexibility index (Phi) is 4.84. The van der Waals surface area contributed by atoms with Crippen LogP contribution in [0.4, 0.5) is 32.0 Å². The molecule has 1 N–H and O–H groups in total. The molecule has 1 amide bonds. The maximum Gasteiger partial charge on any atom is 0.411 e. The van der Waals surface area contributed by atoms with Gasteiger partial charge in [-0.15, -0.1) is 0 Å². The molecule has 0 aliphatic rings. The number of alkyl halides is 6. The highest BCUT2D eigenvalue weighted by Gasteiger charge is 2.72. The highest BCUT2D eigenvalue weighted by atomic mass is 19.4. The van der Waals surface area contributed by atoms with Crippen molar-refractivity contribution >= 4 is 22.7 Å². The van der Waals surface area contributed by atoms with E-state index in [2.05, 4.69) is 10.3 Å². The van der Waals surface area contributed by atoms with Crippen LogP contribution in [0.1, 0.15) is 23.9 Å². The van der Waals surface area contributed by atoms with Crippen LogP contribution >= 0.6 is 0 Å². The summed E-state index contributed by atoms with van der Waals surface area (Å²) in [4.78, 5) is 15.0. The lowest BCUT2D eigenvalue weighted by Gasteiger charge is -2.38. The summed E-state index contributed by atoms with van der Waals surface area (Å²) in [5, 5.41) is 2.30. The average molecular weight is 416 g/mol. The number of hydrogen-bond acceptors (Lipinski definition) is 3. The van der Waals surface area contributed by atoms with E-state index in [9.17, 15) is 31.1 Å². The van der Waals surface area contributed by atoms with E-state index in [4.69, 9.17) is 4.42 Å². The molecule has 0 aliphatic heterocycles. The molecule has 3 aromatic rings.